The minimum atomic E-state index is -1.95. The van der Waals surface area contributed by atoms with E-state index < -0.39 is 71.0 Å². The summed E-state index contributed by atoms with van der Waals surface area (Å²) < 4.78 is 17.5. The molecule has 1 aromatic carbocycles. The van der Waals surface area contributed by atoms with Gasteiger partial charge in [0.15, 0.2) is 11.9 Å². The number of esters is 3. The highest BCUT2D eigenvalue weighted by molar-refractivity contribution is 5.98. The van der Waals surface area contributed by atoms with Crippen molar-refractivity contribution in [1.29, 1.82) is 0 Å². The number of allylic oxidation sites excluding steroid dienone is 1. The zero-order valence-corrected chi connectivity index (χ0v) is 26.7. The monoisotopic (exact) mass is 611 g/mol. The minimum absolute atomic E-state index is 0.0678. The minimum Gasteiger partial charge on any atom is -0.459 e. The summed E-state index contributed by atoms with van der Waals surface area (Å²) in [6.45, 7) is 11.7. The highest BCUT2D eigenvalue weighted by Gasteiger charge is 2.65. The molecule has 2 saturated carbocycles. The van der Waals surface area contributed by atoms with Crippen LogP contribution in [0.15, 0.2) is 53.6 Å². The van der Waals surface area contributed by atoms with Gasteiger partial charge < -0.3 is 29.3 Å². The number of hydrogen-bond donors (Lipinski definition) is 2. The third-order valence-electron chi connectivity index (χ3n) is 9.93. The fourth-order valence-corrected chi connectivity index (χ4v) is 7.60. The van der Waals surface area contributed by atoms with Crippen molar-refractivity contribution in [3.63, 3.8) is 0 Å². The summed E-state index contributed by atoms with van der Waals surface area (Å²) >= 11 is 0. The van der Waals surface area contributed by atoms with Gasteiger partial charge in [0.1, 0.15) is 17.8 Å². The third kappa shape index (κ3) is 5.99. The maximum Gasteiger partial charge on any atom is 0.308 e. The number of hydrogen-bond acceptors (Lipinski definition) is 10. The van der Waals surface area contributed by atoms with Gasteiger partial charge in [-0.1, -0.05) is 50.8 Å². The van der Waals surface area contributed by atoms with Gasteiger partial charge in [-0.15, -0.1) is 0 Å². The summed E-state index contributed by atoms with van der Waals surface area (Å²) in [4.78, 5) is 53.5. The fraction of sp³-hybridized carbons (Fsp3) is 0.588. The lowest BCUT2D eigenvalue weighted by Crippen LogP contribution is -2.68. The number of nitrogens with zero attached hydrogens (tertiary/aromatic N) is 1. The molecule has 0 heterocycles. The van der Waals surface area contributed by atoms with Crippen LogP contribution in [0.1, 0.15) is 71.9 Å². The van der Waals surface area contributed by atoms with Gasteiger partial charge in [0, 0.05) is 37.6 Å². The van der Waals surface area contributed by atoms with Crippen LogP contribution in [0.25, 0.3) is 0 Å². The number of aliphatic hydroxyl groups is 2. The quantitative estimate of drug-likeness (QED) is 0.268. The molecule has 0 unspecified atom stereocenters. The van der Waals surface area contributed by atoms with Gasteiger partial charge in [0.25, 0.3) is 0 Å². The van der Waals surface area contributed by atoms with Crippen molar-refractivity contribution in [2.45, 2.75) is 96.4 Å². The molecule has 8 atom stereocenters. The number of ketones is 1. The molecule has 3 aliphatic rings. The lowest BCUT2D eigenvalue weighted by Gasteiger charge is -2.58. The fourth-order valence-electron chi connectivity index (χ4n) is 7.60. The van der Waals surface area contributed by atoms with E-state index in [0.29, 0.717) is 23.1 Å². The van der Waals surface area contributed by atoms with Crippen molar-refractivity contribution >= 4 is 23.7 Å². The van der Waals surface area contributed by atoms with E-state index in [-0.39, 0.29) is 25.3 Å². The van der Waals surface area contributed by atoms with Gasteiger partial charge in [-0.3, -0.25) is 19.2 Å². The molecule has 0 amide bonds. The van der Waals surface area contributed by atoms with E-state index in [0.717, 1.165) is 5.56 Å². The van der Waals surface area contributed by atoms with Crippen LogP contribution in [-0.4, -0.2) is 82.9 Å². The Kier molecular flexibility index (Phi) is 9.59. The Labute approximate surface area is 259 Å². The second-order valence-electron chi connectivity index (χ2n) is 13.2. The Bertz CT molecular complexity index is 1350. The average Bonchev–Trinajstić information content (AvgIpc) is 2.93. The van der Waals surface area contributed by atoms with E-state index in [2.05, 4.69) is 6.58 Å². The van der Waals surface area contributed by atoms with Crippen molar-refractivity contribution in [1.82, 2.24) is 4.90 Å². The highest BCUT2D eigenvalue weighted by Crippen LogP contribution is 2.57. The number of carbonyl (C=O) groups is 4. The second kappa shape index (κ2) is 12.6. The number of rotatable bonds is 7. The van der Waals surface area contributed by atoms with E-state index in [1.54, 1.807) is 20.8 Å². The van der Waals surface area contributed by atoms with Gasteiger partial charge in [0.2, 0.25) is 0 Å². The standard InChI is InChI=1S/C34H45NO9/c1-18-25(38)17-34(41)32(43-21(4)37)28-19(2)26(44-27(39)16-24(35(7)8)22-12-10-9-11-13-22)15-14-23(28)30(40)31(42-20(3)36)29(18)33(34,5)6/h9-13,23-24,26,28,30-32,40-41H,2,14-17H2,1,3-8H3/t23-,24+,26-,28+,30+,31+,32-,34+/m0/s1. The van der Waals surface area contributed by atoms with Crippen molar-refractivity contribution in [2.75, 3.05) is 14.1 Å². The molecular formula is C34H45NO9. The first-order chi connectivity index (χ1) is 20.5. The van der Waals surface area contributed by atoms with E-state index in [1.807, 2.05) is 49.3 Å². The molecule has 10 nitrogen and oxygen atoms in total. The molecule has 2 bridgehead atoms. The SMILES string of the molecule is C=C1[C@@H]2[C@H](CC[C@@H]1OC(=O)C[C@H](c1ccccc1)N(C)C)[C@@H](O)[C@H](OC(C)=O)C1=C(C)C(=O)C[C@@](O)([C@H]2OC(C)=O)C1(C)C. The van der Waals surface area contributed by atoms with E-state index >= 15 is 0 Å². The summed E-state index contributed by atoms with van der Waals surface area (Å²) in [5, 5.41) is 24.4. The number of aliphatic hydroxyl groups excluding tert-OH is 1. The molecule has 0 aromatic heterocycles. The highest BCUT2D eigenvalue weighted by atomic mass is 16.6. The van der Waals surface area contributed by atoms with Crippen LogP contribution in [0.4, 0.5) is 0 Å². The molecule has 0 radical (unpaired) electrons. The van der Waals surface area contributed by atoms with Gasteiger partial charge in [-0.05, 0) is 62.1 Å². The largest absolute Gasteiger partial charge is 0.459 e. The van der Waals surface area contributed by atoms with E-state index in [4.69, 9.17) is 14.2 Å². The smallest absolute Gasteiger partial charge is 0.308 e. The first kappa shape index (κ1) is 33.6. The Morgan fingerprint density at radius 2 is 1.66 bits per heavy atom. The summed E-state index contributed by atoms with van der Waals surface area (Å²) in [5.41, 5.74) is -1.34. The van der Waals surface area contributed by atoms with Gasteiger partial charge in [0.05, 0.1) is 12.5 Å². The molecule has 240 valence electrons. The van der Waals surface area contributed by atoms with E-state index in [1.165, 1.54) is 13.8 Å². The third-order valence-corrected chi connectivity index (χ3v) is 9.93. The van der Waals surface area contributed by atoms with Crippen LogP contribution in [-0.2, 0) is 33.4 Å². The van der Waals surface area contributed by atoms with Crippen LogP contribution in [0.2, 0.25) is 0 Å². The lowest BCUT2D eigenvalue weighted by molar-refractivity contribution is -0.217. The topological polar surface area (TPSA) is 140 Å². The summed E-state index contributed by atoms with van der Waals surface area (Å²) in [6.07, 6.45) is -4.38. The molecule has 2 N–H and O–H groups in total. The maximum absolute atomic E-state index is 13.4. The van der Waals surface area contributed by atoms with Crippen LogP contribution in [0.5, 0.6) is 0 Å². The molecule has 0 spiro atoms. The lowest BCUT2D eigenvalue weighted by atomic mass is 9.51. The van der Waals surface area contributed by atoms with Crippen molar-refractivity contribution in [3.8, 4) is 0 Å². The molecular weight excluding hydrogens is 566 g/mol. The Hall–Kier alpha value is -3.34. The van der Waals surface area contributed by atoms with E-state index in [9.17, 15) is 29.4 Å². The first-order valence-electron chi connectivity index (χ1n) is 15.1. The summed E-state index contributed by atoms with van der Waals surface area (Å²) in [7, 11) is 3.76. The molecule has 10 heteroatoms. The first-order valence-corrected chi connectivity index (χ1v) is 15.1. The molecule has 0 saturated heterocycles. The normalized spacial score (nSPS) is 32.2. The zero-order chi connectivity index (χ0) is 32.7. The number of Topliss-reactive ketones (excluding diaryl/α,β-unsaturated/α-hetero) is 1. The molecule has 1 aromatic rings. The molecule has 4 rings (SSSR count). The molecule has 2 fully saturated rings. The molecule has 0 aliphatic heterocycles. The van der Waals surface area contributed by atoms with Gasteiger partial charge in [-0.2, -0.15) is 0 Å². The number of fused-ring (bicyclic) bond motifs is 3. The molecule has 3 aliphatic carbocycles. The van der Waals surface area contributed by atoms with Crippen LogP contribution < -0.4 is 0 Å². The summed E-state index contributed by atoms with van der Waals surface area (Å²) in [5.74, 6) is -3.85. The second-order valence-corrected chi connectivity index (χ2v) is 13.2. The van der Waals surface area contributed by atoms with Gasteiger partial charge >= 0.3 is 17.9 Å². The molecule has 44 heavy (non-hydrogen) atoms. The predicted molar refractivity (Wildman–Crippen MR) is 161 cm³/mol. The van der Waals surface area contributed by atoms with Crippen LogP contribution >= 0.6 is 0 Å². The zero-order valence-electron chi connectivity index (χ0n) is 26.7. The summed E-state index contributed by atoms with van der Waals surface area (Å²) in [6, 6.07) is 9.36. The number of carbonyl (C=O) groups excluding carboxylic acids is 4. The Morgan fingerprint density at radius 1 is 1.05 bits per heavy atom. The predicted octanol–water partition coefficient (Wildman–Crippen LogP) is 3.46. The van der Waals surface area contributed by atoms with Crippen molar-refractivity contribution in [3.05, 3.63) is 59.2 Å². The Balaban J connectivity index is 1.75. The van der Waals surface area contributed by atoms with Crippen molar-refractivity contribution in [2.24, 2.45) is 17.3 Å². The van der Waals surface area contributed by atoms with Crippen LogP contribution in [0, 0.1) is 17.3 Å². The number of ether oxygens (including phenoxy) is 3. The van der Waals surface area contributed by atoms with Crippen molar-refractivity contribution < 1.29 is 43.6 Å². The average molecular weight is 612 g/mol. The Morgan fingerprint density at radius 3 is 2.23 bits per heavy atom. The van der Waals surface area contributed by atoms with Crippen LogP contribution in [0.3, 0.4) is 0 Å². The number of benzene rings is 1. The van der Waals surface area contributed by atoms with Gasteiger partial charge in [-0.25, -0.2) is 0 Å². The maximum atomic E-state index is 13.4.